The monoisotopic (exact) mass is 630 g/mol. The fraction of sp³-hybridized carbons (Fsp3) is 0.294. The molecule has 1 atom stereocenters. The molecule has 0 bridgehead atoms. The number of nitrogens with two attached hydrogens (primary N) is 1. The molecule has 0 aromatic heterocycles. The lowest BCUT2D eigenvalue weighted by molar-refractivity contribution is -0.384. The van der Waals surface area contributed by atoms with Crippen LogP contribution in [0.5, 0.6) is 11.5 Å². The zero-order chi connectivity index (χ0) is 32.8. The van der Waals surface area contributed by atoms with Crippen molar-refractivity contribution in [1.82, 2.24) is 0 Å². The second kappa shape index (κ2) is 11.9. The minimum Gasteiger partial charge on any atom is -0.496 e. The first-order valence-corrected chi connectivity index (χ1v) is 14.6. The number of nitro benzene ring substituents is 1. The summed E-state index contributed by atoms with van der Waals surface area (Å²) in [4.78, 5) is 27.2. The smallest absolute Gasteiger partial charge is 0.296 e. The Hall–Kier alpha value is -4.88. The standard InChI is InChI=1S/C34H32ClFN4O5/c1-18-10-19(2)23(11-20(18)17-45-30-9-6-21(36)12-25(30)35)31-24(16-37)33(38)39(28-14-34(3,4)15-29(41)32(28)31)26-8-7-22(44-5)13-27(26)40(42)43/h6-13,31H,14-15,17,38H2,1-5H3. The Morgan fingerprint density at radius 2 is 1.89 bits per heavy atom. The average Bonchev–Trinajstić information content (AvgIpc) is 2.96. The van der Waals surface area contributed by atoms with Crippen LogP contribution < -0.4 is 20.1 Å². The molecule has 11 heteroatoms. The van der Waals surface area contributed by atoms with E-state index < -0.39 is 22.1 Å². The average molecular weight is 631 g/mol. The second-order valence-electron chi connectivity index (χ2n) is 12.1. The fourth-order valence-electron chi connectivity index (χ4n) is 6.19. The predicted molar refractivity (Wildman–Crippen MR) is 168 cm³/mol. The molecule has 1 heterocycles. The van der Waals surface area contributed by atoms with Gasteiger partial charge in [0.05, 0.1) is 40.7 Å². The summed E-state index contributed by atoms with van der Waals surface area (Å²) in [5, 5.41) is 22.9. The van der Waals surface area contributed by atoms with Crippen LogP contribution in [0.1, 0.15) is 54.9 Å². The first-order valence-electron chi connectivity index (χ1n) is 14.2. The molecule has 1 unspecified atom stereocenters. The lowest BCUT2D eigenvalue weighted by Crippen LogP contribution is -2.42. The molecule has 45 heavy (non-hydrogen) atoms. The molecule has 5 rings (SSSR count). The SMILES string of the molecule is COc1ccc(N2C(N)=C(C#N)C(c3cc(COc4ccc(F)cc4Cl)c(C)cc3C)C3=C2CC(C)(C)CC3=O)c([N+](=O)[O-])c1. The van der Waals surface area contributed by atoms with Crippen molar-refractivity contribution in [2.75, 3.05) is 12.0 Å². The second-order valence-corrected chi connectivity index (χ2v) is 12.5. The van der Waals surface area contributed by atoms with E-state index in [4.69, 9.17) is 26.8 Å². The van der Waals surface area contributed by atoms with Crippen LogP contribution in [0.25, 0.3) is 0 Å². The summed E-state index contributed by atoms with van der Waals surface area (Å²) in [6, 6.07) is 14.3. The van der Waals surface area contributed by atoms with Crippen molar-refractivity contribution in [2.24, 2.45) is 11.1 Å². The zero-order valence-electron chi connectivity index (χ0n) is 25.5. The Balaban J connectivity index is 1.70. The van der Waals surface area contributed by atoms with Crippen LogP contribution >= 0.6 is 11.6 Å². The highest BCUT2D eigenvalue weighted by molar-refractivity contribution is 6.32. The van der Waals surface area contributed by atoms with Gasteiger partial charge in [-0.1, -0.05) is 37.6 Å². The van der Waals surface area contributed by atoms with E-state index in [1.54, 1.807) is 6.07 Å². The van der Waals surface area contributed by atoms with Crippen molar-refractivity contribution in [2.45, 2.75) is 53.1 Å². The van der Waals surface area contributed by atoms with Crippen LogP contribution in [0.2, 0.25) is 5.02 Å². The lowest BCUT2D eigenvalue weighted by atomic mass is 9.68. The van der Waals surface area contributed by atoms with Gasteiger partial charge >= 0.3 is 0 Å². The summed E-state index contributed by atoms with van der Waals surface area (Å²) >= 11 is 6.18. The van der Waals surface area contributed by atoms with Gasteiger partial charge in [-0.2, -0.15) is 5.26 Å². The largest absolute Gasteiger partial charge is 0.496 e. The minimum atomic E-state index is -0.809. The van der Waals surface area contributed by atoms with E-state index >= 15 is 0 Å². The number of rotatable bonds is 7. The van der Waals surface area contributed by atoms with Crippen molar-refractivity contribution in [1.29, 1.82) is 5.26 Å². The van der Waals surface area contributed by atoms with Crippen molar-refractivity contribution in [3.63, 3.8) is 0 Å². The molecule has 232 valence electrons. The maximum Gasteiger partial charge on any atom is 0.296 e. The molecule has 0 saturated heterocycles. The third-order valence-electron chi connectivity index (χ3n) is 8.31. The number of nitrogens with zero attached hydrogens (tertiary/aromatic N) is 3. The normalized spacial score (nSPS) is 17.6. The van der Waals surface area contributed by atoms with Crippen molar-refractivity contribution >= 4 is 28.8 Å². The van der Waals surface area contributed by atoms with Crippen LogP contribution in [-0.2, 0) is 11.4 Å². The Labute approximate surface area is 265 Å². The van der Waals surface area contributed by atoms with E-state index in [2.05, 4.69) is 6.07 Å². The Morgan fingerprint density at radius 1 is 1.16 bits per heavy atom. The van der Waals surface area contributed by atoms with Crippen molar-refractivity contribution in [3.8, 4) is 17.6 Å². The van der Waals surface area contributed by atoms with Gasteiger partial charge in [-0.15, -0.1) is 0 Å². The first-order chi connectivity index (χ1) is 21.3. The number of hydrogen-bond acceptors (Lipinski definition) is 8. The van der Waals surface area contributed by atoms with Gasteiger partial charge in [0, 0.05) is 17.7 Å². The number of ether oxygens (including phenoxy) is 2. The molecule has 2 N–H and O–H groups in total. The van der Waals surface area contributed by atoms with Crippen molar-refractivity contribution < 1.29 is 23.6 Å². The Kier molecular flexibility index (Phi) is 8.34. The number of nitro groups is 1. The number of hydrogen-bond donors (Lipinski definition) is 1. The van der Waals surface area contributed by atoms with Gasteiger partial charge in [0.2, 0.25) is 0 Å². The summed E-state index contributed by atoms with van der Waals surface area (Å²) in [6.07, 6.45) is 0.612. The molecule has 0 fully saturated rings. The molecule has 9 nitrogen and oxygen atoms in total. The Morgan fingerprint density at radius 3 is 2.53 bits per heavy atom. The van der Waals surface area contributed by atoms with Crippen LogP contribution in [0.3, 0.4) is 0 Å². The predicted octanol–water partition coefficient (Wildman–Crippen LogP) is 7.53. The molecular weight excluding hydrogens is 599 g/mol. The van der Waals surface area contributed by atoms with Gasteiger partial charge in [-0.05, 0) is 78.3 Å². The number of Topliss-reactive ketones (excluding diaryl/α,β-unsaturated/α-hetero) is 1. The van der Waals surface area contributed by atoms with Gasteiger partial charge in [0.25, 0.3) is 5.69 Å². The molecule has 0 saturated carbocycles. The number of allylic oxidation sites excluding steroid dienone is 3. The molecule has 3 aromatic rings. The van der Waals surface area contributed by atoms with E-state index in [0.717, 1.165) is 16.7 Å². The molecule has 1 aliphatic carbocycles. The summed E-state index contributed by atoms with van der Waals surface area (Å²) < 4.78 is 24.7. The number of ketones is 1. The third-order valence-corrected chi connectivity index (χ3v) is 8.61. The van der Waals surface area contributed by atoms with E-state index in [-0.39, 0.29) is 52.4 Å². The molecule has 0 amide bonds. The van der Waals surface area contributed by atoms with E-state index in [9.17, 15) is 24.6 Å². The lowest BCUT2D eigenvalue weighted by Gasteiger charge is -2.43. The number of methoxy groups -OCH3 is 1. The summed E-state index contributed by atoms with van der Waals surface area (Å²) in [7, 11) is 1.41. The maximum atomic E-state index is 14.0. The van der Waals surface area contributed by atoms with Crippen molar-refractivity contribution in [3.05, 3.63) is 114 Å². The number of nitriles is 1. The molecule has 0 radical (unpaired) electrons. The van der Waals surface area contributed by atoms with Gasteiger partial charge in [-0.3, -0.25) is 19.8 Å². The number of aryl methyl sites for hydroxylation is 2. The number of carbonyl (C=O) groups excluding carboxylic acids is 1. The van der Waals surface area contributed by atoms with Gasteiger partial charge in [0.15, 0.2) is 5.78 Å². The van der Waals surface area contributed by atoms with Crippen LogP contribution in [0.15, 0.2) is 71.2 Å². The summed E-state index contributed by atoms with van der Waals surface area (Å²) in [5.74, 6) is -0.851. The summed E-state index contributed by atoms with van der Waals surface area (Å²) in [6.45, 7) is 7.82. The number of benzene rings is 3. The van der Waals surface area contributed by atoms with Crippen LogP contribution in [-0.4, -0.2) is 17.8 Å². The van der Waals surface area contributed by atoms with Gasteiger partial charge in [0.1, 0.15) is 35.4 Å². The van der Waals surface area contributed by atoms with Gasteiger partial charge in [-0.25, -0.2) is 4.39 Å². The fourth-order valence-corrected chi connectivity index (χ4v) is 6.41. The zero-order valence-corrected chi connectivity index (χ0v) is 26.3. The highest BCUT2D eigenvalue weighted by Gasteiger charge is 2.46. The number of anilines is 1. The minimum absolute atomic E-state index is 0.0101. The van der Waals surface area contributed by atoms with E-state index in [0.29, 0.717) is 29.0 Å². The van der Waals surface area contributed by atoms with Gasteiger partial charge < -0.3 is 15.2 Å². The molecule has 1 aliphatic heterocycles. The first kappa shape index (κ1) is 31.5. The van der Waals surface area contributed by atoms with Crippen LogP contribution in [0, 0.1) is 46.5 Å². The molecule has 2 aliphatic rings. The topological polar surface area (TPSA) is 132 Å². The molecule has 0 spiro atoms. The highest BCUT2D eigenvalue weighted by atomic mass is 35.5. The van der Waals surface area contributed by atoms with Crippen LogP contribution in [0.4, 0.5) is 15.8 Å². The van der Waals surface area contributed by atoms with E-state index in [1.807, 2.05) is 39.8 Å². The molecular formula is C34H32ClFN4O5. The summed E-state index contributed by atoms with van der Waals surface area (Å²) in [5.41, 5.74) is 10.3. The highest BCUT2D eigenvalue weighted by Crippen LogP contribution is 2.52. The quantitative estimate of drug-likeness (QED) is 0.209. The third kappa shape index (κ3) is 5.83. The maximum absolute atomic E-state index is 14.0. The Bertz CT molecular complexity index is 1860. The number of carbonyl (C=O) groups is 1. The molecule has 3 aromatic carbocycles. The van der Waals surface area contributed by atoms with E-state index in [1.165, 1.54) is 42.3 Å². The number of halogens is 2.